The van der Waals surface area contributed by atoms with Crippen LogP contribution in [0.3, 0.4) is 0 Å². The van der Waals surface area contributed by atoms with Crippen LogP contribution >= 0.6 is 0 Å². The molecule has 0 aliphatic heterocycles. The Morgan fingerprint density at radius 2 is 1.81 bits per heavy atom. The maximum absolute atomic E-state index is 12.1. The van der Waals surface area contributed by atoms with Crippen molar-refractivity contribution in [1.82, 2.24) is 0 Å². The van der Waals surface area contributed by atoms with Crippen LogP contribution in [-0.4, -0.2) is 37.8 Å². The van der Waals surface area contributed by atoms with Gasteiger partial charge in [0, 0.05) is 25.3 Å². The number of rotatable bonds is 9. The molecule has 7 nitrogen and oxygen atoms in total. The van der Waals surface area contributed by atoms with Gasteiger partial charge in [-0.3, -0.25) is 0 Å². The molecule has 0 saturated carbocycles. The zero-order chi connectivity index (χ0) is 19.2. The normalized spacial score (nSPS) is 11.3. The number of unbranched alkanes of at least 4 members (excludes halogenated alkanes) is 1. The number of benzene rings is 2. The van der Waals surface area contributed by atoms with E-state index < -0.39 is 16.0 Å². The van der Waals surface area contributed by atoms with Gasteiger partial charge in [0.1, 0.15) is 0 Å². The molecule has 2 rings (SSSR count). The predicted molar refractivity (Wildman–Crippen MR) is 98.8 cm³/mol. The van der Waals surface area contributed by atoms with Crippen molar-refractivity contribution in [3.05, 3.63) is 59.2 Å². The molecular formula is C18H22N2O5S. The number of aliphatic hydroxyl groups excluding tert-OH is 1. The van der Waals surface area contributed by atoms with Gasteiger partial charge in [0.25, 0.3) is 0 Å². The van der Waals surface area contributed by atoms with E-state index in [4.69, 9.17) is 10.2 Å². The first kappa shape index (κ1) is 19.9. The smallest absolute Gasteiger partial charge is 0.335 e. The highest BCUT2D eigenvalue weighted by Crippen LogP contribution is 2.28. The number of hydrogen-bond acceptors (Lipinski definition) is 5. The highest BCUT2D eigenvalue weighted by molar-refractivity contribution is 7.89. The number of aliphatic hydroxyl groups is 1. The highest BCUT2D eigenvalue weighted by atomic mass is 32.2. The second-order valence-electron chi connectivity index (χ2n) is 5.87. The van der Waals surface area contributed by atoms with Crippen LogP contribution in [0.1, 0.15) is 34.3 Å². The Labute approximate surface area is 152 Å². The fourth-order valence-corrected chi connectivity index (χ4v) is 3.44. The minimum absolute atomic E-state index is 0.0517. The summed E-state index contributed by atoms with van der Waals surface area (Å²) in [7, 11) is -4.11. The van der Waals surface area contributed by atoms with Gasteiger partial charge in [0.15, 0.2) is 0 Å². The Balaban J connectivity index is 2.53. The molecule has 0 bridgehead atoms. The second kappa shape index (κ2) is 8.79. The lowest BCUT2D eigenvalue weighted by Gasteiger charge is -2.17. The van der Waals surface area contributed by atoms with Gasteiger partial charge < -0.3 is 15.5 Å². The third kappa shape index (κ3) is 5.29. The van der Waals surface area contributed by atoms with Crippen LogP contribution in [0.4, 0.5) is 5.69 Å². The highest BCUT2D eigenvalue weighted by Gasteiger charge is 2.21. The zero-order valence-electron chi connectivity index (χ0n) is 14.2. The van der Waals surface area contributed by atoms with E-state index >= 15 is 0 Å². The Morgan fingerprint density at radius 3 is 2.38 bits per heavy atom. The number of primary sulfonamides is 1. The average Bonchev–Trinajstić information content (AvgIpc) is 2.59. The molecule has 0 radical (unpaired) electrons. The summed E-state index contributed by atoms with van der Waals surface area (Å²) >= 11 is 0. The number of nitrogens with one attached hydrogen (secondary N) is 1. The molecule has 0 aliphatic carbocycles. The first-order valence-corrected chi connectivity index (χ1v) is 9.69. The van der Waals surface area contributed by atoms with E-state index in [1.807, 2.05) is 30.3 Å². The van der Waals surface area contributed by atoms with Crippen LogP contribution < -0.4 is 10.5 Å². The van der Waals surface area contributed by atoms with E-state index in [1.165, 1.54) is 6.07 Å². The van der Waals surface area contributed by atoms with Gasteiger partial charge in [-0.1, -0.05) is 30.3 Å². The van der Waals surface area contributed by atoms with Crippen LogP contribution in [0.15, 0.2) is 47.4 Å². The summed E-state index contributed by atoms with van der Waals surface area (Å²) in [5.74, 6) is -1.24. The van der Waals surface area contributed by atoms with Crippen LogP contribution in [0, 0.1) is 0 Å². The number of hydrogen-bond donors (Lipinski definition) is 4. The van der Waals surface area contributed by atoms with Gasteiger partial charge in [0.05, 0.1) is 10.5 Å². The number of nitrogens with two attached hydrogens (primary N) is 1. The summed E-state index contributed by atoms with van der Waals surface area (Å²) in [5, 5.41) is 26.6. The minimum atomic E-state index is -4.11. The molecular weight excluding hydrogens is 356 g/mol. The summed E-state index contributed by atoms with van der Waals surface area (Å²) in [6.45, 7) is 0.519. The van der Waals surface area contributed by atoms with Gasteiger partial charge in [-0.15, -0.1) is 0 Å². The predicted octanol–water partition coefficient (Wildman–Crippen LogP) is 1.81. The third-order valence-corrected chi connectivity index (χ3v) is 4.86. The van der Waals surface area contributed by atoms with Crippen LogP contribution in [0.2, 0.25) is 0 Å². The van der Waals surface area contributed by atoms with Gasteiger partial charge in [0.2, 0.25) is 10.0 Å². The van der Waals surface area contributed by atoms with Gasteiger partial charge >= 0.3 is 5.97 Å². The third-order valence-electron chi connectivity index (χ3n) is 3.89. The molecule has 26 heavy (non-hydrogen) atoms. The Hall–Kier alpha value is -2.42. The SMILES string of the molecule is NS(=O)(=O)c1cc(C(=O)O)cc(NCCCCO)c1Cc1ccccc1. The number of aromatic carboxylic acids is 1. The first-order chi connectivity index (χ1) is 12.3. The zero-order valence-corrected chi connectivity index (χ0v) is 15.0. The molecule has 0 saturated heterocycles. The molecule has 0 spiro atoms. The summed E-state index contributed by atoms with van der Waals surface area (Å²) in [6, 6.07) is 11.7. The number of carboxylic acids is 1. The summed E-state index contributed by atoms with van der Waals surface area (Å²) < 4.78 is 24.1. The second-order valence-corrected chi connectivity index (χ2v) is 7.40. The summed E-state index contributed by atoms with van der Waals surface area (Å²) in [5.41, 5.74) is 1.55. The molecule has 0 heterocycles. The van der Waals surface area contributed by atoms with E-state index in [-0.39, 0.29) is 23.5 Å². The van der Waals surface area contributed by atoms with Crippen molar-refractivity contribution in [1.29, 1.82) is 0 Å². The molecule has 2 aromatic rings. The van der Waals surface area contributed by atoms with Crippen LogP contribution in [0.25, 0.3) is 0 Å². The average molecular weight is 378 g/mol. The van der Waals surface area contributed by atoms with E-state index in [2.05, 4.69) is 5.32 Å². The fourth-order valence-electron chi connectivity index (χ4n) is 2.62. The first-order valence-electron chi connectivity index (χ1n) is 8.14. The molecule has 0 amide bonds. The molecule has 2 aromatic carbocycles. The molecule has 8 heteroatoms. The van der Waals surface area contributed by atoms with Crippen molar-refractivity contribution in [3.63, 3.8) is 0 Å². The Morgan fingerprint density at radius 1 is 1.12 bits per heavy atom. The van der Waals surface area contributed by atoms with Gasteiger partial charge in [-0.2, -0.15) is 0 Å². The number of carboxylic acid groups (broad SMARTS) is 1. The van der Waals surface area contributed by atoms with E-state index in [0.29, 0.717) is 30.6 Å². The number of carbonyl (C=O) groups is 1. The minimum Gasteiger partial charge on any atom is -0.478 e. The molecule has 5 N–H and O–H groups in total. The Bertz CT molecular complexity index is 867. The van der Waals surface area contributed by atoms with Crippen LogP contribution in [-0.2, 0) is 16.4 Å². The lowest BCUT2D eigenvalue weighted by Crippen LogP contribution is -2.18. The largest absolute Gasteiger partial charge is 0.478 e. The number of sulfonamides is 1. The maximum atomic E-state index is 12.1. The molecule has 0 aliphatic rings. The van der Waals surface area contributed by atoms with Crippen molar-refractivity contribution in [2.75, 3.05) is 18.5 Å². The van der Waals surface area contributed by atoms with Gasteiger partial charge in [-0.25, -0.2) is 18.4 Å². The van der Waals surface area contributed by atoms with E-state index in [0.717, 1.165) is 11.6 Å². The van der Waals surface area contributed by atoms with E-state index in [1.54, 1.807) is 0 Å². The summed E-state index contributed by atoms with van der Waals surface area (Å²) in [6.07, 6.45) is 1.53. The molecule has 0 aromatic heterocycles. The molecule has 140 valence electrons. The molecule has 0 fully saturated rings. The molecule has 0 unspecified atom stereocenters. The number of anilines is 1. The monoisotopic (exact) mass is 378 g/mol. The van der Waals surface area contributed by atoms with Crippen molar-refractivity contribution in [2.24, 2.45) is 5.14 Å². The quantitative estimate of drug-likeness (QED) is 0.492. The Kier molecular flexibility index (Phi) is 6.73. The van der Waals surface area contributed by atoms with Crippen molar-refractivity contribution >= 4 is 21.7 Å². The van der Waals surface area contributed by atoms with Crippen molar-refractivity contribution in [2.45, 2.75) is 24.2 Å². The standard InChI is InChI=1S/C18H22N2O5S/c19-26(24,25)17-12-14(18(22)23)11-16(20-8-4-5-9-21)15(17)10-13-6-2-1-3-7-13/h1-3,6-7,11-12,20-21H,4-5,8-10H2,(H,22,23)(H2,19,24,25). The van der Waals surface area contributed by atoms with Gasteiger partial charge in [-0.05, 0) is 36.1 Å². The van der Waals surface area contributed by atoms with E-state index in [9.17, 15) is 18.3 Å². The van der Waals surface area contributed by atoms with Crippen LogP contribution in [0.5, 0.6) is 0 Å². The lowest BCUT2D eigenvalue weighted by atomic mass is 10.0. The van der Waals surface area contributed by atoms with Crippen molar-refractivity contribution < 1.29 is 23.4 Å². The summed E-state index contributed by atoms with van der Waals surface area (Å²) in [4.78, 5) is 11.2. The maximum Gasteiger partial charge on any atom is 0.335 e. The lowest BCUT2D eigenvalue weighted by molar-refractivity contribution is 0.0696. The molecule has 0 atom stereocenters. The fraction of sp³-hybridized carbons (Fsp3) is 0.278. The topological polar surface area (TPSA) is 130 Å². The van der Waals surface area contributed by atoms with Crippen molar-refractivity contribution in [3.8, 4) is 0 Å².